The number of aryl methyl sites for hydroxylation is 2. The number of aromatic nitrogens is 4. The summed E-state index contributed by atoms with van der Waals surface area (Å²) in [6.07, 6.45) is 3.19. The van der Waals surface area contributed by atoms with Gasteiger partial charge in [0.15, 0.2) is 6.29 Å². The summed E-state index contributed by atoms with van der Waals surface area (Å²) < 4.78 is 29.7. The molecule has 0 bridgehead atoms. The second-order valence-corrected chi connectivity index (χ2v) is 8.13. The van der Waals surface area contributed by atoms with Crippen LogP contribution >= 0.6 is 0 Å². The monoisotopic (exact) mass is 446 g/mol. The van der Waals surface area contributed by atoms with E-state index in [1.807, 2.05) is 26.1 Å². The molecule has 2 aromatic heterocycles. The Morgan fingerprint density at radius 3 is 2.91 bits per heavy atom. The molecule has 0 N–H and O–H groups in total. The van der Waals surface area contributed by atoms with Gasteiger partial charge in [0.05, 0.1) is 49.9 Å². The molecule has 10 nitrogen and oxygen atoms in total. The fourth-order valence-electron chi connectivity index (χ4n) is 3.94. The van der Waals surface area contributed by atoms with Gasteiger partial charge in [-0.3, -0.25) is 4.79 Å². The van der Waals surface area contributed by atoms with E-state index in [1.54, 1.807) is 4.68 Å². The maximum atomic E-state index is 11.8. The first-order valence-corrected chi connectivity index (χ1v) is 11.0. The van der Waals surface area contributed by atoms with Crippen molar-refractivity contribution in [2.24, 2.45) is 13.0 Å². The number of hydrogen-bond acceptors (Lipinski definition) is 9. The van der Waals surface area contributed by atoms with Crippen LogP contribution in [0, 0.1) is 12.8 Å². The van der Waals surface area contributed by atoms with Crippen molar-refractivity contribution < 1.29 is 28.5 Å². The number of ether oxygens (including phenoxy) is 5. The van der Waals surface area contributed by atoms with Crippen molar-refractivity contribution in [1.82, 2.24) is 20.0 Å². The smallest absolute Gasteiger partial charge is 0.311 e. The zero-order valence-corrected chi connectivity index (χ0v) is 18.8. The Labute approximate surface area is 187 Å². The highest BCUT2D eigenvalue weighted by atomic mass is 16.7. The molecule has 2 aromatic rings. The molecule has 2 fully saturated rings. The highest BCUT2D eigenvalue weighted by Gasteiger charge is 2.30. The van der Waals surface area contributed by atoms with Crippen molar-refractivity contribution in [3.63, 3.8) is 0 Å². The average Bonchev–Trinajstić information content (AvgIpc) is 3.19. The van der Waals surface area contributed by atoms with Crippen LogP contribution in [0.3, 0.4) is 0 Å². The van der Waals surface area contributed by atoms with Gasteiger partial charge in [0.25, 0.3) is 0 Å². The van der Waals surface area contributed by atoms with Crippen LogP contribution in [0.4, 0.5) is 0 Å². The van der Waals surface area contributed by atoms with Crippen molar-refractivity contribution in [2.75, 3.05) is 26.9 Å². The lowest BCUT2D eigenvalue weighted by molar-refractivity contribution is -0.169. The fourth-order valence-corrected chi connectivity index (χ4v) is 3.94. The lowest BCUT2D eigenvalue weighted by Crippen LogP contribution is -2.37. The van der Waals surface area contributed by atoms with Crippen molar-refractivity contribution in [3.05, 3.63) is 23.5 Å². The Hall–Kier alpha value is -2.56. The molecule has 2 saturated heterocycles. The number of carbonyl (C=O) groups excluding carboxylic acids is 1. The van der Waals surface area contributed by atoms with Crippen molar-refractivity contribution in [3.8, 4) is 17.1 Å². The van der Waals surface area contributed by atoms with Gasteiger partial charge in [-0.2, -0.15) is 0 Å². The zero-order valence-electron chi connectivity index (χ0n) is 18.8. The molecule has 10 heteroatoms. The summed E-state index contributed by atoms with van der Waals surface area (Å²) in [5, 5.41) is 8.44. The molecular formula is C22H30N4O6. The number of esters is 1. The average molecular weight is 447 g/mol. The third-order valence-electron chi connectivity index (χ3n) is 5.76. The van der Waals surface area contributed by atoms with Crippen LogP contribution in [0.5, 0.6) is 5.75 Å². The minimum absolute atomic E-state index is 0.191. The maximum Gasteiger partial charge on any atom is 0.311 e. The molecule has 0 radical (unpaired) electrons. The van der Waals surface area contributed by atoms with E-state index in [0.29, 0.717) is 43.4 Å². The summed E-state index contributed by atoms with van der Waals surface area (Å²) in [6, 6.07) is 3.72. The lowest BCUT2D eigenvalue weighted by atomic mass is 10.0. The van der Waals surface area contributed by atoms with E-state index in [4.69, 9.17) is 23.7 Å². The van der Waals surface area contributed by atoms with Crippen LogP contribution in [-0.4, -0.2) is 65.3 Å². The van der Waals surface area contributed by atoms with Crippen molar-refractivity contribution in [2.45, 2.75) is 51.6 Å². The quantitative estimate of drug-likeness (QED) is 0.592. The van der Waals surface area contributed by atoms with E-state index >= 15 is 0 Å². The van der Waals surface area contributed by atoms with E-state index in [2.05, 4.69) is 15.3 Å². The Balaban J connectivity index is 1.43. The second kappa shape index (κ2) is 10.4. The third kappa shape index (κ3) is 5.25. The van der Waals surface area contributed by atoms with Gasteiger partial charge in [0.1, 0.15) is 17.5 Å². The number of methoxy groups -OCH3 is 1. The van der Waals surface area contributed by atoms with Crippen molar-refractivity contribution in [1.29, 1.82) is 0 Å². The molecule has 4 heterocycles. The maximum absolute atomic E-state index is 11.8. The minimum atomic E-state index is -0.318. The standard InChI is InChI=1S/C22H30N4O6/c1-14-19(32-16-10-15(11-29-12-16)22(27)28-3)8-7-17(23-14)21-18(26(2)25-24-21)13-31-20-6-4-5-9-30-20/h7-8,15-16,20H,4-6,9-13H2,1-3H3/t15?,16-,20?/m0/s1. The summed E-state index contributed by atoms with van der Waals surface area (Å²) in [6.45, 7) is 3.73. The van der Waals surface area contributed by atoms with E-state index in [-0.39, 0.29) is 24.3 Å². The molecule has 2 aliphatic heterocycles. The van der Waals surface area contributed by atoms with Gasteiger partial charge < -0.3 is 23.7 Å². The first-order chi connectivity index (χ1) is 15.5. The molecular weight excluding hydrogens is 416 g/mol. The molecule has 2 unspecified atom stereocenters. The van der Waals surface area contributed by atoms with Gasteiger partial charge in [0.2, 0.25) is 0 Å². The first-order valence-electron chi connectivity index (χ1n) is 11.0. The molecule has 0 aliphatic carbocycles. The summed E-state index contributed by atoms with van der Waals surface area (Å²) in [5.41, 5.74) is 2.92. The number of rotatable bonds is 7. The van der Waals surface area contributed by atoms with Crippen LogP contribution < -0.4 is 4.74 Å². The minimum Gasteiger partial charge on any atom is -0.486 e. The summed E-state index contributed by atoms with van der Waals surface area (Å²) in [5.74, 6) is 0.0475. The van der Waals surface area contributed by atoms with Crippen LogP contribution in [0.15, 0.2) is 12.1 Å². The second-order valence-electron chi connectivity index (χ2n) is 8.13. The van der Waals surface area contributed by atoms with Gasteiger partial charge >= 0.3 is 5.97 Å². The highest BCUT2D eigenvalue weighted by Crippen LogP contribution is 2.27. The Morgan fingerprint density at radius 1 is 1.28 bits per heavy atom. The molecule has 4 rings (SSSR count). The SMILES string of the molecule is COC(=O)C1COC[C@@H](Oc2ccc(-c3nnn(C)c3COC3CCCCO3)nc2C)C1. The molecule has 0 spiro atoms. The van der Waals surface area contributed by atoms with Crippen LogP contribution in [0.1, 0.15) is 37.1 Å². The number of hydrogen-bond donors (Lipinski definition) is 0. The van der Waals surface area contributed by atoms with Gasteiger partial charge in [-0.05, 0) is 38.3 Å². The largest absolute Gasteiger partial charge is 0.486 e. The van der Waals surface area contributed by atoms with Gasteiger partial charge in [-0.15, -0.1) is 5.10 Å². The van der Waals surface area contributed by atoms with E-state index in [9.17, 15) is 4.79 Å². The van der Waals surface area contributed by atoms with Crippen LogP contribution in [0.2, 0.25) is 0 Å². The van der Waals surface area contributed by atoms with E-state index in [1.165, 1.54) is 7.11 Å². The molecule has 2 aliphatic rings. The molecule has 174 valence electrons. The number of carbonyl (C=O) groups is 1. The lowest BCUT2D eigenvalue weighted by Gasteiger charge is -2.28. The van der Waals surface area contributed by atoms with E-state index in [0.717, 1.165) is 37.3 Å². The Kier molecular flexibility index (Phi) is 7.33. The van der Waals surface area contributed by atoms with Crippen molar-refractivity contribution >= 4 is 5.97 Å². The molecule has 0 amide bonds. The molecule has 0 aromatic carbocycles. The Bertz CT molecular complexity index is 927. The number of pyridine rings is 1. The molecule has 0 saturated carbocycles. The van der Waals surface area contributed by atoms with Gasteiger partial charge in [-0.25, -0.2) is 9.67 Å². The predicted molar refractivity (Wildman–Crippen MR) is 113 cm³/mol. The van der Waals surface area contributed by atoms with E-state index < -0.39 is 0 Å². The summed E-state index contributed by atoms with van der Waals surface area (Å²) in [4.78, 5) is 16.5. The zero-order chi connectivity index (χ0) is 22.5. The predicted octanol–water partition coefficient (Wildman–Crippen LogP) is 2.19. The normalized spacial score (nSPS) is 23.7. The van der Waals surface area contributed by atoms with Crippen LogP contribution in [-0.2, 0) is 37.4 Å². The highest BCUT2D eigenvalue weighted by molar-refractivity contribution is 5.72. The number of nitrogens with zero attached hydrogens (tertiary/aromatic N) is 4. The topological polar surface area (TPSA) is 107 Å². The Morgan fingerprint density at radius 2 is 2.16 bits per heavy atom. The van der Waals surface area contributed by atoms with Crippen LogP contribution in [0.25, 0.3) is 11.4 Å². The fraction of sp³-hybridized carbons (Fsp3) is 0.636. The first kappa shape index (κ1) is 22.6. The van der Waals surface area contributed by atoms with Gasteiger partial charge in [-0.1, -0.05) is 5.21 Å². The summed E-state index contributed by atoms with van der Waals surface area (Å²) in [7, 11) is 3.22. The molecule has 32 heavy (non-hydrogen) atoms. The summed E-state index contributed by atoms with van der Waals surface area (Å²) >= 11 is 0. The van der Waals surface area contributed by atoms with Gasteiger partial charge in [0, 0.05) is 20.1 Å². The third-order valence-corrected chi connectivity index (χ3v) is 5.76. The molecule has 3 atom stereocenters.